The minimum absolute atomic E-state index is 0.0250. The molecule has 27 heavy (non-hydrogen) atoms. The zero-order chi connectivity index (χ0) is 20.3. The average molecular weight is 382 g/mol. The van der Waals surface area contributed by atoms with E-state index in [1.54, 1.807) is 6.92 Å². The fourth-order valence-electron chi connectivity index (χ4n) is 3.44. The number of nitrogens with zero attached hydrogens (tertiary/aromatic N) is 2. The molecule has 1 fully saturated rings. The molecule has 1 heterocycles. The highest BCUT2D eigenvalue weighted by molar-refractivity contribution is 5.57. The summed E-state index contributed by atoms with van der Waals surface area (Å²) in [4.78, 5) is 21.9. The van der Waals surface area contributed by atoms with Crippen LogP contribution >= 0.6 is 0 Å². The molecule has 1 unspecified atom stereocenters. The molecule has 1 aliphatic rings. The summed E-state index contributed by atoms with van der Waals surface area (Å²) in [5, 5.41) is 23.1. The van der Waals surface area contributed by atoms with E-state index in [1.807, 2.05) is 27.7 Å². The molecule has 0 radical (unpaired) electrons. The zero-order valence-electron chi connectivity index (χ0n) is 16.2. The highest BCUT2D eigenvalue weighted by Gasteiger charge is 2.49. The SMILES string of the molecule is CC(C)OC[C@H]1O[C@@H](C)C(c2c([N+](=O)[O-])cccc2[N+](=O)[O-])[C@H]1OC(C)C. The second-order valence-electron chi connectivity index (χ2n) is 7.16. The Kier molecular flexibility index (Phi) is 6.85. The predicted octanol–water partition coefficient (Wildman–Crippen LogP) is 3.59. The van der Waals surface area contributed by atoms with Crippen LogP contribution in [0.1, 0.15) is 46.1 Å². The number of rotatable bonds is 8. The van der Waals surface area contributed by atoms with Gasteiger partial charge in [-0.15, -0.1) is 0 Å². The van der Waals surface area contributed by atoms with Crippen molar-refractivity contribution in [2.45, 2.75) is 71.1 Å². The third-order valence-electron chi connectivity index (χ3n) is 4.43. The second kappa shape index (κ2) is 8.73. The van der Waals surface area contributed by atoms with Gasteiger partial charge in [0, 0.05) is 12.1 Å². The summed E-state index contributed by atoms with van der Waals surface area (Å²) >= 11 is 0. The maximum atomic E-state index is 11.6. The van der Waals surface area contributed by atoms with Crippen molar-refractivity contribution in [3.8, 4) is 0 Å². The molecule has 1 aromatic rings. The van der Waals surface area contributed by atoms with E-state index in [9.17, 15) is 20.2 Å². The van der Waals surface area contributed by atoms with E-state index >= 15 is 0 Å². The molecular weight excluding hydrogens is 356 g/mol. The van der Waals surface area contributed by atoms with Crippen LogP contribution in [0.25, 0.3) is 0 Å². The smallest absolute Gasteiger partial charge is 0.279 e. The molecule has 0 aromatic heterocycles. The molecule has 0 amide bonds. The molecule has 9 heteroatoms. The van der Waals surface area contributed by atoms with E-state index in [4.69, 9.17) is 14.2 Å². The quantitative estimate of drug-likeness (QED) is 0.498. The lowest BCUT2D eigenvalue weighted by molar-refractivity contribution is -0.396. The van der Waals surface area contributed by atoms with Crippen LogP contribution in [0.5, 0.6) is 0 Å². The Balaban J connectivity index is 2.53. The Bertz CT molecular complexity index is 660. The fourth-order valence-corrected chi connectivity index (χ4v) is 3.44. The molecular formula is C18H26N2O7. The van der Waals surface area contributed by atoms with Gasteiger partial charge in [0.1, 0.15) is 11.7 Å². The number of ether oxygens (including phenoxy) is 3. The first-order valence-corrected chi connectivity index (χ1v) is 8.97. The van der Waals surface area contributed by atoms with Gasteiger partial charge in [0.25, 0.3) is 11.4 Å². The van der Waals surface area contributed by atoms with Crippen LogP contribution in [0, 0.1) is 20.2 Å². The summed E-state index contributed by atoms with van der Waals surface area (Å²) in [6.07, 6.45) is -1.79. The Morgan fingerprint density at radius 3 is 2.07 bits per heavy atom. The molecule has 0 aliphatic carbocycles. The van der Waals surface area contributed by atoms with Crippen LogP contribution in [-0.2, 0) is 14.2 Å². The molecule has 0 N–H and O–H groups in total. The summed E-state index contributed by atoms with van der Waals surface area (Å²) in [5.74, 6) is -0.657. The lowest BCUT2D eigenvalue weighted by Crippen LogP contribution is -2.35. The molecule has 4 atom stereocenters. The van der Waals surface area contributed by atoms with E-state index in [1.165, 1.54) is 18.2 Å². The summed E-state index contributed by atoms with van der Waals surface area (Å²) < 4.78 is 17.6. The Labute approximate surface area is 157 Å². The normalized spacial score (nSPS) is 25.3. The van der Waals surface area contributed by atoms with Crippen LogP contribution in [-0.4, -0.2) is 47.0 Å². The Morgan fingerprint density at radius 1 is 1.07 bits per heavy atom. The lowest BCUT2D eigenvalue weighted by Gasteiger charge is -2.26. The summed E-state index contributed by atoms with van der Waals surface area (Å²) in [7, 11) is 0. The fraction of sp³-hybridized carbons (Fsp3) is 0.667. The molecule has 2 rings (SSSR count). The number of benzene rings is 1. The van der Waals surface area contributed by atoms with Crippen molar-refractivity contribution in [2.75, 3.05) is 6.61 Å². The molecule has 150 valence electrons. The predicted molar refractivity (Wildman–Crippen MR) is 97.9 cm³/mol. The zero-order valence-corrected chi connectivity index (χ0v) is 16.2. The van der Waals surface area contributed by atoms with E-state index in [-0.39, 0.29) is 35.8 Å². The number of nitro groups is 2. The standard InChI is InChI=1S/C18H26N2O7/c1-10(2)25-9-15-18(26-11(3)4)16(12(5)27-15)17-13(19(21)22)7-6-8-14(17)20(23)24/h6-8,10-12,15-16,18H,9H2,1-5H3/t12-,15+,16?,18-/m0/s1. The van der Waals surface area contributed by atoms with Gasteiger partial charge in [0.2, 0.25) is 0 Å². The van der Waals surface area contributed by atoms with Gasteiger partial charge in [-0.25, -0.2) is 0 Å². The minimum Gasteiger partial charge on any atom is -0.376 e. The highest BCUT2D eigenvalue weighted by Crippen LogP contribution is 2.45. The Hall–Kier alpha value is -2.10. The third-order valence-corrected chi connectivity index (χ3v) is 4.43. The summed E-state index contributed by atoms with van der Waals surface area (Å²) in [6, 6.07) is 3.87. The first-order chi connectivity index (χ1) is 12.6. The van der Waals surface area contributed by atoms with Crippen molar-refractivity contribution >= 4 is 11.4 Å². The van der Waals surface area contributed by atoms with E-state index in [0.717, 1.165) is 0 Å². The van der Waals surface area contributed by atoms with Crippen LogP contribution in [0.2, 0.25) is 0 Å². The van der Waals surface area contributed by atoms with Crippen molar-refractivity contribution in [1.82, 2.24) is 0 Å². The van der Waals surface area contributed by atoms with Crippen molar-refractivity contribution in [1.29, 1.82) is 0 Å². The molecule has 0 spiro atoms. The van der Waals surface area contributed by atoms with E-state index in [0.29, 0.717) is 0 Å². The van der Waals surface area contributed by atoms with Crippen molar-refractivity contribution in [3.05, 3.63) is 44.0 Å². The van der Waals surface area contributed by atoms with Crippen molar-refractivity contribution in [3.63, 3.8) is 0 Å². The Morgan fingerprint density at radius 2 is 1.63 bits per heavy atom. The van der Waals surface area contributed by atoms with E-state index in [2.05, 4.69) is 0 Å². The topological polar surface area (TPSA) is 114 Å². The highest BCUT2D eigenvalue weighted by atomic mass is 16.6. The van der Waals surface area contributed by atoms with Crippen LogP contribution in [0.3, 0.4) is 0 Å². The molecule has 0 bridgehead atoms. The molecule has 1 saturated heterocycles. The lowest BCUT2D eigenvalue weighted by atomic mass is 9.86. The van der Waals surface area contributed by atoms with Gasteiger partial charge in [-0.05, 0) is 40.7 Å². The van der Waals surface area contributed by atoms with Gasteiger partial charge in [0.05, 0.1) is 46.8 Å². The monoisotopic (exact) mass is 382 g/mol. The van der Waals surface area contributed by atoms with Gasteiger partial charge in [-0.2, -0.15) is 0 Å². The van der Waals surface area contributed by atoms with Gasteiger partial charge >= 0.3 is 0 Å². The third kappa shape index (κ3) is 4.79. The summed E-state index contributed by atoms with van der Waals surface area (Å²) in [5.41, 5.74) is -0.558. The second-order valence-corrected chi connectivity index (χ2v) is 7.16. The van der Waals surface area contributed by atoms with Crippen molar-refractivity contribution in [2.24, 2.45) is 0 Å². The van der Waals surface area contributed by atoms with E-state index < -0.39 is 34.1 Å². The van der Waals surface area contributed by atoms with Gasteiger partial charge < -0.3 is 14.2 Å². The number of nitro benzene ring substituents is 2. The summed E-state index contributed by atoms with van der Waals surface area (Å²) in [6.45, 7) is 9.45. The van der Waals surface area contributed by atoms with Crippen LogP contribution in [0.4, 0.5) is 11.4 Å². The number of hydrogen-bond acceptors (Lipinski definition) is 7. The first-order valence-electron chi connectivity index (χ1n) is 8.97. The molecule has 9 nitrogen and oxygen atoms in total. The van der Waals surface area contributed by atoms with Crippen LogP contribution in [0.15, 0.2) is 18.2 Å². The number of hydrogen-bond donors (Lipinski definition) is 0. The molecule has 0 saturated carbocycles. The molecule has 1 aliphatic heterocycles. The largest absolute Gasteiger partial charge is 0.376 e. The first kappa shape index (κ1) is 21.2. The van der Waals surface area contributed by atoms with Crippen LogP contribution < -0.4 is 0 Å². The maximum absolute atomic E-state index is 11.6. The minimum atomic E-state index is -0.657. The van der Waals surface area contributed by atoms with Gasteiger partial charge in [-0.1, -0.05) is 0 Å². The average Bonchev–Trinajstić information content (AvgIpc) is 2.86. The van der Waals surface area contributed by atoms with Gasteiger partial charge in [-0.3, -0.25) is 20.2 Å². The van der Waals surface area contributed by atoms with Gasteiger partial charge in [0.15, 0.2) is 0 Å². The van der Waals surface area contributed by atoms with Crippen molar-refractivity contribution < 1.29 is 24.1 Å². The maximum Gasteiger partial charge on any atom is 0.279 e. The molecule has 1 aromatic carbocycles.